The van der Waals surface area contributed by atoms with Gasteiger partial charge in [-0.05, 0) is 89.4 Å². The average Bonchev–Trinajstić information content (AvgIpc) is 3.38. The van der Waals surface area contributed by atoms with E-state index in [0.717, 1.165) is 61.9 Å². The van der Waals surface area contributed by atoms with Crippen LogP contribution >= 0.6 is 0 Å². The molecule has 44 heavy (non-hydrogen) atoms. The highest BCUT2D eigenvalue weighted by Crippen LogP contribution is 2.33. The van der Waals surface area contributed by atoms with E-state index in [1.165, 1.54) is 17.0 Å². The molecule has 238 valence electrons. The van der Waals surface area contributed by atoms with Crippen LogP contribution in [-0.4, -0.2) is 79.4 Å². The molecule has 0 aliphatic carbocycles. The van der Waals surface area contributed by atoms with E-state index in [1.807, 2.05) is 43.9 Å². The van der Waals surface area contributed by atoms with Gasteiger partial charge in [0.15, 0.2) is 0 Å². The molecule has 3 aromatic rings. The molecule has 3 heterocycles. The summed E-state index contributed by atoms with van der Waals surface area (Å²) in [6, 6.07) is 18.3. The average molecular weight is 621 g/mol. The molecule has 1 fully saturated rings. The zero-order chi connectivity index (χ0) is 31.4. The number of ether oxygens (including phenoxy) is 1. The summed E-state index contributed by atoms with van der Waals surface area (Å²) < 4.78 is 37.9. The molecule has 2 aliphatic heterocycles. The van der Waals surface area contributed by atoms with Gasteiger partial charge in [0.2, 0.25) is 15.9 Å². The minimum Gasteiger partial charge on any atom is -0.370 e. The number of piperidine rings is 1. The molecule has 2 aromatic carbocycles. The minimum atomic E-state index is -3.69. The maximum Gasteiger partial charge on any atom is 0.249 e. The van der Waals surface area contributed by atoms with Gasteiger partial charge in [0, 0.05) is 43.6 Å². The predicted molar refractivity (Wildman–Crippen MR) is 174 cm³/mol. The summed E-state index contributed by atoms with van der Waals surface area (Å²) in [7, 11) is 0.457. The highest BCUT2D eigenvalue weighted by molar-refractivity contribution is 7.89. The number of rotatable bonds is 11. The van der Waals surface area contributed by atoms with E-state index in [1.54, 1.807) is 4.31 Å². The first-order chi connectivity index (χ1) is 21.1. The van der Waals surface area contributed by atoms with Crippen molar-refractivity contribution in [2.24, 2.45) is 0 Å². The van der Waals surface area contributed by atoms with E-state index in [9.17, 15) is 13.2 Å². The number of hydrogen-bond acceptors (Lipinski definition) is 5. The number of benzene rings is 2. The third-order valence-electron chi connectivity index (χ3n) is 9.02. The molecule has 0 bridgehead atoms. The number of aryl methyl sites for hydroxylation is 4. The first-order valence-corrected chi connectivity index (χ1v) is 17.3. The fourth-order valence-electron chi connectivity index (χ4n) is 7.14. The Labute approximate surface area is 263 Å². The van der Waals surface area contributed by atoms with Crippen molar-refractivity contribution in [3.63, 3.8) is 0 Å². The lowest BCUT2D eigenvalue weighted by Gasteiger charge is -2.38. The summed E-state index contributed by atoms with van der Waals surface area (Å²) in [5.74, 6) is -0.0416. The molecule has 2 unspecified atom stereocenters. The summed E-state index contributed by atoms with van der Waals surface area (Å²) in [5.41, 5.74) is 6.28. The third-order valence-corrected chi connectivity index (χ3v) is 11.3. The van der Waals surface area contributed by atoms with Crippen LogP contribution in [-0.2, 0) is 39.1 Å². The van der Waals surface area contributed by atoms with Gasteiger partial charge in [-0.3, -0.25) is 4.79 Å². The van der Waals surface area contributed by atoms with Gasteiger partial charge in [-0.15, -0.1) is 0 Å². The van der Waals surface area contributed by atoms with Crippen LogP contribution in [0.4, 0.5) is 0 Å². The zero-order valence-corrected chi connectivity index (χ0v) is 27.8. The SMILES string of the molecule is Cc1cc(C)c(S(=O)(=O)N2CCCCC2COCC(=O)N2CCn3c(CN(C)C)ccc3C2CCc2ccccc2)c(C)c1. The molecule has 8 nitrogen and oxygen atoms in total. The number of nitrogens with zero attached hydrogens (tertiary/aromatic N) is 4. The molecule has 9 heteroatoms. The lowest BCUT2D eigenvalue weighted by molar-refractivity contribution is -0.140. The normalized spacial score (nSPS) is 19.4. The molecule has 2 aliphatic rings. The van der Waals surface area contributed by atoms with Crippen molar-refractivity contribution in [3.05, 3.63) is 88.2 Å². The minimum absolute atomic E-state index is 0.0416. The highest BCUT2D eigenvalue weighted by Gasteiger charge is 2.36. The lowest BCUT2D eigenvalue weighted by atomic mass is 10.00. The fourth-order valence-corrected chi connectivity index (χ4v) is 9.23. The maximum absolute atomic E-state index is 13.9. The molecular weight excluding hydrogens is 572 g/mol. The number of hydrogen-bond donors (Lipinski definition) is 0. The molecule has 5 rings (SSSR count). The standard InChI is InChI=1S/C35H48N4O4S/c1-26-21-27(2)35(28(3)22-26)44(41,42)39-18-10-9-13-31(39)24-43-25-34(40)38-20-19-37-30(23-36(4)5)15-17-32(37)33(38)16-14-29-11-7-6-8-12-29/h6-8,11-12,15,17,21-22,31,33H,9-10,13-14,16,18-20,23-25H2,1-5H3. The van der Waals surface area contributed by atoms with Gasteiger partial charge in [0.25, 0.3) is 0 Å². The lowest BCUT2D eigenvalue weighted by Crippen LogP contribution is -2.47. The summed E-state index contributed by atoms with van der Waals surface area (Å²) in [6.45, 7) is 8.58. The first-order valence-electron chi connectivity index (χ1n) is 15.9. The second-order valence-electron chi connectivity index (χ2n) is 12.8. The van der Waals surface area contributed by atoms with E-state index in [0.29, 0.717) is 18.0 Å². The molecular formula is C35H48N4O4S. The summed E-state index contributed by atoms with van der Waals surface area (Å²) in [6.07, 6.45) is 4.19. The monoisotopic (exact) mass is 620 g/mol. The Hall–Kier alpha value is -2.98. The van der Waals surface area contributed by atoms with Crippen molar-refractivity contribution in [3.8, 4) is 0 Å². The summed E-state index contributed by atoms with van der Waals surface area (Å²) >= 11 is 0. The topological polar surface area (TPSA) is 75.1 Å². The Balaban J connectivity index is 1.28. The van der Waals surface area contributed by atoms with E-state index in [4.69, 9.17) is 4.74 Å². The third kappa shape index (κ3) is 7.12. The Morgan fingerprint density at radius 2 is 1.68 bits per heavy atom. The van der Waals surface area contributed by atoms with Crippen LogP contribution in [0.5, 0.6) is 0 Å². The van der Waals surface area contributed by atoms with E-state index < -0.39 is 10.0 Å². The molecule has 0 radical (unpaired) electrons. The maximum atomic E-state index is 13.9. The number of amides is 1. The van der Waals surface area contributed by atoms with Crippen LogP contribution < -0.4 is 0 Å². The van der Waals surface area contributed by atoms with Crippen LogP contribution in [0.1, 0.15) is 65.4 Å². The second-order valence-corrected chi connectivity index (χ2v) is 14.6. The zero-order valence-electron chi connectivity index (χ0n) is 27.0. The van der Waals surface area contributed by atoms with Crippen LogP contribution in [0.25, 0.3) is 0 Å². The van der Waals surface area contributed by atoms with Gasteiger partial charge >= 0.3 is 0 Å². The summed E-state index contributed by atoms with van der Waals surface area (Å²) in [4.78, 5) is 18.3. The molecule has 0 N–H and O–H groups in total. The van der Waals surface area contributed by atoms with Gasteiger partial charge in [-0.25, -0.2) is 8.42 Å². The predicted octanol–water partition coefficient (Wildman–Crippen LogP) is 5.25. The fraction of sp³-hybridized carbons (Fsp3) is 0.514. The van der Waals surface area contributed by atoms with Gasteiger partial charge in [-0.2, -0.15) is 4.31 Å². The number of fused-ring (bicyclic) bond motifs is 1. The molecule has 0 spiro atoms. The smallest absolute Gasteiger partial charge is 0.249 e. The molecule has 1 amide bonds. The number of aromatic nitrogens is 1. The van der Waals surface area contributed by atoms with Gasteiger partial charge in [0.05, 0.1) is 17.5 Å². The van der Waals surface area contributed by atoms with Gasteiger partial charge in [0.1, 0.15) is 6.61 Å². The number of carbonyl (C=O) groups is 1. The van der Waals surface area contributed by atoms with Gasteiger partial charge < -0.3 is 19.1 Å². The number of sulfonamides is 1. The number of carbonyl (C=O) groups excluding carboxylic acids is 1. The van der Waals surface area contributed by atoms with Gasteiger partial charge in [-0.1, -0.05) is 54.4 Å². The Kier molecular flexibility index (Phi) is 10.3. The first kappa shape index (κ1) is 32.4. The molecule has 1 saturated heterocycles. The molecule has 1 aromatic heterocycles. The van der Waals surface area contributed by atoms with Crippen molar-refractivity contribution in [1.82, 2.24) is 18.7 Å². The van der Waals surface area contributed by atoms with Crippen LogP contribution in [0.3, 0.4) is 0 Å². The molecule has 2 atom stereocenters. The van der Waals surface area contributed by atoms with Crippen molar-refractivity contribution in [2.45, 2.75) is 82.9 Å². The van der Waals surface area contributed by atoms with E-state index >= 15 is 0 Å². The largest absolute Gasteiger partial charge is 0.370 e. The van der Waals surface area contributed by atoms with Crippen molar-refractivity contribution >= 4 is 15.9 Å². The van der Waals surface area contributed by atoms with Crippen LogP contribution in [0.2, 0.25) is 0 Å². The van der Waals surface area contributed by atoms with Crippen LogP contribution in [0.15, 0.2) is 59.5 Å². The van der Waals surface area contributed by atoms with E-state index in [2.05, 4.69) is 60.0 Å². The van der Waals surface area contributed by atoms with Crippen molar-refractivity contribution < 1.29 is 17.9 Å². The van der Waals surface area contributed by atoms with Crippen molar-refractivity contribution in [2.75, 3.05) is 40.4 Å². The summed E-state index contributed by atoms with van der Waals surface area (Å²) in [5, 5.41) is 0. The second kappa shape index (κ2) is 14.0. The molecule has 0 saturated carbocycles. The van der Waals surface area contributed by atoms with Crippen molar-refractivity contribution in [1.29, 1.82) is 0 Å². The highest BCUT2D eigenvalue weighted by atomic mass is 32.2. The quantitative estimate of drug-likeness (QED) is 0.293. The Morgan fingerprint density at radius 1 is 0.955 bits per heavy atom. The van der Waals surface area contributed by atoms with E-state index in [-0.39, 0.29) is 31.2 Å². The van der Waals surface area contributed by atoms with Crippen LogP contribution in [0, 0.1) is 20.8 Å². The Morgan fingerprint density at radius 3 is 2.39 bits per heavy atom. The Bertz CT molecular complexity index is 1530.